The molecule has 104 heavy (non-hydrogen) atoms. The molecule has 560 valence electrons. The molecule has 8 atom stereocenters. The zero-order valence-electron chi connectivity index (χ0n) is 59.7. The summed E-state index contributed by atoms with van der Waals surface area (Å²) in [6.07, 6.45) is 4.44. The first-order chi connectivity index (χ1) is 49.4. The fourth-order valence-electron chi connectivity index (χ4n) is 12.1. The van der Waals surface area contributed by atoms with E-state index in [2.05, 4.69) is 60.5 Å². The van der Waals surface area contributed by atoms with Crippen molar-refractivity contribution in [3.8, 4) is 0 Å². The third kappa shape index (κ3) is 27.1. The minimum atomic E-state index is -5.19. The maximum Gasteiger partial charge on any atom is 0.430 e. The van der Waals surface area contributed by atoms with Crippen molar-refractivity contribution in [2.45, 2.75) is 195 Å². The van der Waals surface area contributed by atoms with Gasteiger partial charge in [-0.25, -0.2) is 4.98 Å². The smallest absolute Gasteiger partial charge is 0.430 e. The molecule has 1 fully saturated rings. The van der Waals surface area contributed by atoms with Crippen molar-refractivity contribution in [3.63, 3.8) is 0 Å². The van der Waals surface area contributed by atoms with Gasteiger partial charge in [-0.1, -0.05) is 115 Å². The molecule has 6 aromatic rings. The van der Waals surface area contributed by atoms with E-state index in [9.17, 15) is 65.9 Å². The molecule has 1 aliphatic rings. The number of aromatic amines is 2. The number of aromatic nitrogens is 3. The van der Waals surface area contributed by atoms with Gasteiger partial charge in [0.25, 0.3) is 0 Å². The van der Waals surface area contributed by atoms with Crippen LogP contribution in [0.3, 0.4) is 0 Å². The number of hydrogen-bond acceptors (Lipinski definition) is 14. The Labute approximate surface area is 606 Å². The van der Waals surface area contributed by atoms with E-state index in [1.54, 1.807) is 26.2 Å². The van der Waals surface area contributed by atoms with Crippen LogP contribution in [0.5, 0.6) is 0 Å². The monoisotopic (exact) mass is 1460 g/mol. The standard InChI is InChI=1S/C75H96N10O11S.C2HF3O2/c1-7-48(4)52(32-36-69(91)82-64(72(77)93)38-50-27-28-50)41-67(89)63(42-55-44-78-46-80-55)81-70(92)45-85(6)75(96)71(47(2)3)84-73(94)49(5)37-66(88)62(40-54-43-79-61-25-18-17-24-60(54)61)83-74(95)53(31-35-68(76)90)39-56(86)19-11-8-16-26-65(87)51-29-33-59(34-30-51)97(57-20-12-9-13-21-57)58-22-14-10-15-23-58;3-2(4,5)1(6)7/h9-10,12-15,17-18,20-25,29-30,33-34,43-44,46-50,52-53,62-64,71,79H,7-8,11,16,19,26-28,31-32,35-42,45H2,1-6H3,(H8-,76,77,78,80,81,82,83,84,90,91,92,93,94,95);(H,6,7)/t48-,49+,52-,53+,62-,63-,64-,71-;/m0./s1. The molecule has 4 aromatic carbocycles. The summed E-state index contributed by atoms with van der Waals surface area (Å²) in [5.74, 6) is -10.5. The predicted octanol–water partition coefficient (Wildman–Crippen LogP) is 8.08. The van der Waals surface area contributed by atoms with Crippen LogP contribution in [0.15, 0.2) is 143 Å². The second-order valence-electron chi connectivity index (χ2n) is 27.2. The number of unbranched alkanes of at least 4 members (excludes halogenated alkanes) is 2. The zero-order chi connectivity index (χ0) is 76.2. The summed E-state index contributed by atoms with van der Waals surface area (Å²) in [6, 6.07) is 31.6. The highest BCUT2D eigenvalue weighted by Crippen LogP contribution is 2.35. The molecule has 27 heteroatoms. The molecule has 7 amide bonds. The lowest BCUT2D eigenvalue weighted by Crippen LogP contribution is -2.54. The Balaban J connectivity index is 0.00000230. The minimum absolute atomic E-state index is 0.00334. The van der Waals surface area contributed by atoms with Crippen molar-refractivity contribution >= 4 is 92.3 Å². The summed E-state index contributed by atoms with van der Waals surface area (Å²) in [7, 11) is 1.05. The van der Waals surface area contributed by atoms with Crippen molar-refractivity contribution in [1.29, 1.82) is 0 Å². The molecule has 2 aromatic heterocycles. The summed E-state index contributed by atoms with van der Waals surface area (Å²) in [5, 5.41) is 20.9. The van der Waals surface area contributed by atoms with Crippen LogP contribution in [0.2, 0.25) is 0 Å². The van der Waals surface area contributed by atoms with Crippen molar-refractivity contribution in [2.24, 2.45) is 47.0 Å². The number of fused-ring (bicyclic) bond motifs is 1. The molecule has 0 saturated heterocycles. The number of ketones is 4. The number of primary amides is 2. The molecule has 7 rings (SSSR count). The van der Waals surface area contributed by atoms with Crippen LogP contribution in [0.1, 0.15) is 159 Å². The van der Waals surface area contributed by atoms with Gasteiger partial charge >= 0.3 is 6.18 Å². The maximum atomic E-state index is 14.6. The fraction of sp³-hybridized carbons (Fsp3) is 0.468. The van der Waals surface area contributed by atoms with Gasteiger partial charge in [0, 0.05) is 111 Å². The maximum absolute atomic E-state index is 14.6. The van der Waals surface area contributed by atoms with Gasteiger partial charge in [0.15, 0.2) is 32.0 Å². The normalized spacial score (nSPS) is 14.4. The number of rotatable bonds is 43. The molecule has 1 saturated carbocycles. The Hall–Kier alpha value is -9.79. The number of nitrogens with one attached hydrogen (secondary N) is 6. The summed E-state index contributed by atoms with van der Waals surface area (Å²) in [4.78, 5) is 173. The zero-order valence-corrected chi connectivity index (χ0v) is 60.5. The quantitative estimate of drug-likeness (QED) is 0.0102. The van der Waals surface area contributed by atoms with Crippen LogP contribution in [0.4, 0.5) is 13.2 Å². The number of carboxylic acid groups (broad SMARTS) is 1. The Morgan fingerprint density at radius 3 is 1.82 bits per heavy atom. The van der Waals surface area contributed by atoms with E-state index in [0.29, 0.717) is 61.3 Å². The van der Waals surface area contributed by atoms with Crippen LogP contribution in [-0.4, -0.2) is 134 Å². The lowest BCUT2D eigenvalue weighted by molar-refractivity contribution is -0.344. The van der Waals surface area contributed by atoms with E-state index < -0.39 is 102 Å². The number of Topliss-reactive ketones (excluding diaryl/α,β-unsaturated/α-hetero) is 4. The lowest BCUT2D eigenvalue weighted by Gasteiger charge is -2.29. The van der Waals surface area contributed by atoms with Crippen molar-refractivity contribution in [2.75, 3.05) is 13.6 Å². The van der Waals surface area contributed by atoms with Crippen molar-refractivity contribution in [1.82, 2.24) is 41.1 Å². The number of para-hydroxylation sites is 1. The number of likely N-dealkylation sites (N-methyl/N-ethyl adjacent to an activating group) is 1. The van der Waals surface area contributed by atoms with Gasteiger partial charge in [-0.3, -0.25) is 52.7 Å². The number of benzene rings is 4. The molecule has 1 aliphatic carbocycles. The van der Waals surface area contributed by atoms with Gasteiger partial charge in [0.05, 0.1) is 35.9 Å². The molecule has 10 N–H and O–H groups in total. The Morgan fingerprint density at radius 1 is 0.654 bits per heavy atom. The van der Waals surface area contributed by atoms with Crippen LogP contribution < -0.4 is 37.8 Å². The second kappa shape index (κ2) is 40.9. The van der Waals surface area contributed by atoms with Crippen LogP contribution in [0.25, 0.3) is 10.9 Å². The summed E-state index contributed by atoms with van der Waals surface area (Å²) in [5.41, 5.74) is 13.8. The Morgan fingerprint density at radius 2 is 1.24 bits per heavy atom. The number of carbonyl (C=O) groups is 12. The van der Waals surface area contributed by atoms with Gasteiger partial charge in [-0.05, 0) is 116 Å². The van der Waals surface area contributed by atoms with E-state index in [1.165, 1.54) is 30.1 Å². The average molecular weight is 1460 g/mol. The van der Waals surface area contributed by atoms with Gasteiger partial charge in [-0.2, -0.15) is 13.2 Å². The third-order valence-electron chi connectivity index (χ3n) is 18.6. The topological polar surface area (TPSA) is 376 Å². The molecule has 0 bridgehead atoms. The molecule has 0 spiro atoms. The van der Waals surface area contributed by atoms with Gasteiger partial charge < -0.3 is 57.5 Å². The number of halogens is 3. The number of carbonyl (C=O) groups excluding carboxylic acids is 12. The van der Waals surface area contributed by atoms with Gasteiger partial charge in [-0.15, -0.1) is 0 Å². The number of imidazole rings is 1. The van der Waals surface area contributed by atoms with Crippen molar-refractivity contribution in [3.05, 3.63) is 145 Å². The summed E-state index contributed by atoms with van der Waals surface area (Å²) >= 11 is 0. The number of nitrogens with two attached hydrogens (primary N) is 2. The first-order valence-electron chi connectivity index (χ1n) is 35.3. The van der Waals surface area contributed by atoms with Gasteiger partial charge in [0.1, 0.15) is 23.8 Å². The van der Waals surface area contributed by atoms with E-state index in [4.69, 9.17) is 21.4 Å². The predicted molar refractivity (Wildman–Crippen MR) is 383 cm³/mol. The average Bonchev–Trinajstić information content (AvgIpc) is 1.67. The minimum Gasteiger partial charge on any atom is -0.542 e. The van der Waals surface area contributed by atoms with Crippen LogP contribution in [-0.2, 0) is 76.5 Å². The molecule has 23 nitrogen and oxygen atoms in total. The highest BCUT2D eigenvalue weighted by molar-refractivity contribution is 7.97. The summed E-state index contributed by atoms with van der Waals surface area (Å²) in [6.45, 7) is 8.47. The molecular weight excluding hydrogens is 1360 g/mol. The highest BCUT2D eigenvalue weighted by Gasteiger charge is 2.36. The van der Waals surface area contributed by atoms with Gasteiger partial charge in [0.2, 0.25) is 41.4 Å². The summed E-state index contributed by atoms with van der Waals surface area (Å²) < 4.78 is 31.5. The number of nitrogens with zero attached hydrogens (tertiary/aromatic N) is 2. The molecule has 0 unspecified atom stereocenters. The third-order valence-corrected chi connectivity index (χ3v) is 20.8. The molecule has 0 aliphatic heterocycles. The van der Waals surface area contributed by atoms with Crippen LogP contribution in [0, 0.1) is 35.5 Å². The van der Waals surface area contributed by atoms with E-state index in [0.717, 1.165) is 40.0 Å². The lowest BCUT2D eigenvalue weighted by atomic mass is 9.82. The van der Waals surface area contributed by atoms with E-state index >= 15 is 0 Å². The number of amides is 7. The first kappa shape index (κ1) is 83.2. The SMILES string of the molecule is CC[C@H](C)[C@@H](CCC(=O)N[C@@H](CC1CC1)C(N)=O)CC(=O)[C@H](Cc1cnc[nH]1)NC(=O)CN(C)C(=O)[C@@H](NC(=O)[C@H](C)CC(=O)[C@H](Cc1c[nH]c2ccccc12)NC(=O)[C@H](CCC(N)=O)CC(=O)CCCCCC(=O)c1ccc([S+](c2ccccc2)c2ccccc2)cc1)C(C)C.O=C([O-])C(F)(F)F. The number of carboxylic acids is 1. The van der Waals surface area contributed by atoms with Crippen LogP contribution >= 0.6 is 0 Å². The Bertz CT molecular complexity index is 3830. The van der Waals surface area contributed by atoms with Crippen molar-refractivity contribution < 1.29 is 75.8 Å². The first-order valence-corrected chi connectivity index (χ1v) is 36.5. The number of hydrogen-bond donors (Lipinski definition) is 8. The molecule has 2 heterocycles. The largest absolute Gasteiger partial charge is 0.542 e. The number of aliphatic carboxylic acids is 1. The second-order valence-corrected chi connectivity index (χ2v) is 29.3. The number of alkyl halides is 3. The molecular formula is C77H97F3N10O13S. The Kier molecular flexibility index (Phi) is 32.7. The number of H-pyrrole nitrogens is 2. The van der Waals surface area contributed by atoms with E-state index in [-0.39, 0.29) is 104 Å². The fourth-order valence-corrected chi connectivity index (χ4v) is 14.2. The highest BCUT2D eigenvalue weighted by atomic mass is 32.2. The molecule has 0 radical (unpaired) electrons. The van der Waals surface area contributed by atoms with E-state index in [1.807, 2.05) is 98.8 Å².